The van der Waals surface area contributed by atoms with Gasteiger partial charge in [-0.15, -0.1) is 5.10 Å². The Bertz CT molecular complexity index is 1800. The van der Waals surface area contributed by atoms with Crippen LogP contribution in [0, 0.1) is 5.92 Å². The molecule has 18 heteroatoms. The largest absolute Gasteiger partial charge is 0.384 e. The number of rotatable bonds is 13. The third kappa shape index (κ3) is 8.74. The molecule has 3 atom stereocenters. The first-order valence-corrected chi connectivity index (χ1v) is 19.5. The standard InChI is InChI=1S/C35H47F2N7O8S/c1-34(2,50)27-19-39-42-44(27)23-18-26(31(48)41-35(28(45)29(38)46)15-7-4-8-16-35)43(20-23)32(49)25(17-21-9-5-3-6-10-21)40-30(47)22-11-13-24(14-12-22)53(51,52)33(36)37/h11-14,19,21,23,25-26,33,50H,3-10,15-18,20H2,1-2H3,(H2,38,46)(H,40,47)(H,41,48)/t23-,25?,26-/m0/s1. The highest BCUT2D eigenvalue weighted by Gasteiger charge is 2.49. The normalized spacial score (nSPS) is 21.6. The number of nitrogens with two attached hydrogens (primary N) is 1. The first-order valence-electron chi connectivity index (χ1n) is 18.0. The minimum atomic E-state index is -4.90. The molecule has 5 N–H and O–H groups in total. The van der Waals surface area contributed by atoms with Gasteiger partial charge >= 0.3 is 5.76 Å². The second kappa shape index (κ2) is 16.0. The number of nitrogens with one attached hydrogen (secondary N) is 2. The molecule has 2 saturated carbocycles. The van der Waals surface area contributed by atoms with Gasteiger partial charge in [0, 0.05) is 18.5 Å². The minimum absolute atomic E-state index is 0.00494. The summed E-state index contributed by atoms with van der Waals surface area (Å²) in [7, 11) is -4.90. The number of halogens is 2. The second-order valence-electron chi connectivity index (χ2n) is 14.9. The van der Waals surface area contributed by atoms with E-state index < -0.39 is 79.2 Å². The number of primary amides is 1. The smallest absolute Gasteiger partial charge is 0.341 e. The van der Waals surface area contributed by atoms with Crippen LogP contribution in [-0.4, -0.2) is 92.8 Å². The fraction of sp³-hybridized carbons (Fsp3) is 0.629. The third-order valence-corrected chi connectivity index (χ3v) is 12.1. The summed E-state index contributed by atoms with van der Waals surface area (Å²) in [5.41, 5.74) is 2.74. The van der Waals surface area contributed by atoms with Crippen LogP contribution >= 0.6 is 0 Å². The van der Waals surface area contributed by atoms with Gasteiger partial charge in [-0.05, 0) is 63.3 Å². The summed E-state index contributed by atoms with van der Waals surface area (Å²) >= 11 is 0. The molecule has 1 aromatic carbocycles. The van der Waals surface area contributed by atoms with E-state index in [1.54, 1.807) is 0 Å². The first kappa shape index (κ1) is 39.9. The van der Waals surface area contributed by atoms with Crippen molar-refractivity contribution in [2.24, 2.45) is 11.7 Å². The van der Waals surface area contributed by atoms with Gasteiger partial charge in [0.2, 0.25) is 27.4 Å². The molecular formula is C35H47F2N7O8S. The Morgan fingerprint density at radius 1 is 1.02 bits per heavy atom. The third-order valence-electron chi connectivity index (χ3n) is 10.7. The number of likely N-dealkylation sites (tertiary alicyclic amines) is 1. The molecule has 1 unspecified atom stereocenters. The zero-order valence-corrected chi connectivity index (χ0v) is 30.6. The Kier molecular flexibility index (Phi) is 12.0. The number of hydrogen-bond donors (Lipinski definition) is 4. The Morgan fingerprint density at radius 2 is 1.64 bits per heavy atom. The number of alkyl halides is 2. The molecular weight excluding hydrogens is 716 g/mol. The summed E-state index contributed by atoms with van der Waals surface area (Å²) in [5.74, 6) is -7.75. The van der Waals surface area contributed by atoms with Gasteiger partial charge in [-0.25, -0.2) is 13.1 Å². The first-order chi connectivity index (χ1) is 24.9. The molecule has 3 fully saturated rings. The van der Waals surface area contributed by atoms with E-state index in [0.717, 1.165) is 62.8 Å². The Balaban J connectivity index is 1.48. The van der Waals surface area contributed by atoms with Gasteiger partial charge in [0.1, 0.15) is 23.2 Å². The van der Waals surface area contributed by atoms with E-state index in [9.17, 15) is 46.3 Å². The summed E-state index contributed by atoms with van der Waals surface area (Å²) in [6, 6.07) is 0.927. The number of carbonyl (C=O) groups excluding carboxylic acids is 5. The fourth-order valence-electron chi connectivity index (χ4n) is 7.87. The van der Waals surface area contributed by atoms with Crippen LogP contribution in [0.25, 0.3) is 0 Å². The highest BCUT2D eigenvalue weighted by molar-refractivity contribution is 7.91. The highest BCUT2D eigenvalue weighted by Crippen LogP contribution is 2.35. The summed E-state index contributed by atoms with van der Waals surface area (Å²) < 4.78 is 51.5. The zero-order chi connectivity index (χ0) is 38.7. The van der Waals surface area contributed by atoms with Gasteiger partial charge in [-0.3, -0.25) is 24.0 Å². The monoisotopic (exact) mass is 763 g/mol. The Labute approximate surface area is 306 Å². The van der Waals surface area contributed by atoms with E-state index in [1.807, 2.05) is 0 Å². The van der Waals surface area contributed by atoms with Crippen LogP contribution in [0.3, 0.4) is 0 Å². The number of carbonyl (C=O) groups is 5. The summed E-state index contributed by atoms with van der Waals surface area (Å²) in [6.07, 6.45) is 8.38. The molecule has 4 amide bonds. The molecule has 290 valence electrons. The molecule has 0 spiro atoms. The zero-order valence-electron chi connectivity index (χ0n) is 29.8. The molecule has 3 aliphatic rings. The van der Waals surface area contributed by atoms with Gasteiger partial charge in [0.25, 0.3) is 11.8 Å². The highest BCUT2D eigenvalue weighted by atomic mass is 32.2. The van der Waals surface area contributed by atoms with Crippen molar-refractivity contribution in [3.8, 4) is 0 Å². The lowest BCUT2D eigenvalue weighted by Crippen LogP contribution is -2.62. The summed E-state index contributed by atoms with van der Waals surface area (Å²) in [6.45, 7) is 2.99. The average Bonchev–Trinajstić information content (AvgIpc) is 3.80. The summed E-state index contributed by atoms with van der Waals surface area (Å²) in [5, 5.41) is 24.5. The van der Waals surface area contributed by atoms with Gasteiger partial charge < -0.3 is 26.4 Å². The van der Waals surface area contributed by atoms with E-state index >= 15 is 0 Å². The second-order valence-corrected chi connectivity index (χ2v) is 16.9. The molecule has 0 bridgehead atoms. The van der Waals surface area contributed by atoms with Crippen molar-refractivity contribution < 1.29 is 46.3 Å². The van der Waals surface area contributed by atoms with Crippen molar-refractivity contribution in [1.29, 1.82) is 0 Å². The van der Waals surface area contributed by atoms with Crippen LogP contribution in [-0.2, 0) is 34.6 Å². The van der Waals surface area contributed by atoms with Crippen LogP contribution in [0.1, 0.15) is 113 Å². The van der Waals surface area contributed by atoms with Crippen LogP contribution in [0.2, 0.25) is 0 Å². The number of aliphatic hydroxyl groups is 1. The predicted octanol–water partition coefficient (Wildman–Crippen LogP) is 2.29. The lowest BCUT2D eigenvalue weighted by Gasteiger charge is -2.38. The SMILES string of the molecule is CC(C)(O)c1cnnn1[C@H]1C[C@@H](C(=O)NC2(C(=O)C(N)=O)CCCCC2)N(C(=O)C(CC2CCCCC2)NC(=O)c2ccc(S(=O)(=O)C(F)F)cc2)C1. The minimum Gasteiger partial charge on any atom is -0.384 e. The molecule has 2 heterocycles. The molecule has 2 aromatic rings. The lowest BCUT2D eigenvalue weighted by atomic mass is 9.78. The number of aromatic nitrogens is 3. The van der Waals surface area contributed by atoms with Crippen molar-refractivity contribution in [2.45, 2.75) is 131 Å². The van der Waals surface area contributed by atoms with Crippen LogP contribution in [0.4, 0.5) is 8.78 Å². The quantitative estimate of drug-likeness (QED) is 0.218. The molecule has 15 nitrogen and oxygen atoms in total. The average molecular weight is 764 g/mol. The molecule has 1 saturated heterocycles. The number of ketones is 1. The molecule has 1 aliphatic heterocycles. The number of hydrogen-bond acceptors (Lipinski definition) is 10. The molecule has 1 aromatic heterocycles. The van der Waals surface area contributed by atoms with Crippen molar-refractivity contribution in [3.05, 3.63) is 41.7 Å². The predicted molar refractivity (Wildman–Crippen MR) is 185 cm³/mol. The van der Waals surface area contributed by atoms with E-state index in [1.165, 1.54) is 29.6 Å². The van der Waals surface area contributed by atoms with Gasteiger partial charge in [-0.2, -0.15) is 8.78 Å². The van der Waals surface area contributed by atoms with E-state index in [4.69, 9.17) is 5.73 Å². The molecule has 53 heavy (non-hydrogen) atoms. The lowest BCUT2D eigenvalue weighted by molar-refractivity contribution is -0.145. The van der Waals surface area contributed by atoms with Crippen molar-refractivity contribution in [3.63, 3.8) is 0 Å². The molecule has 5 rings (SSSR count). The summed E-state index contributed by atoms with van der Waals surface area (Å²) in [4.78, 5) is 68.5. The Hall–Kier alpha value is -4.32. The van der Waals surface area contributed by atoms with Gasteiger partial charge in [0.15, 0.2) is 0 Å². The number of benzene rings is 1. The number of nitrogens with zero attached hydrogens (tertiary/aromatic N) is 4. The molecule has 0 radical (unpaired) electrons. The maximum Gasteiger partial charge on any atom is 0.341 e. The maximum absolute atomic E-state index is 14.7. The fourth-order valence-corrected chi connectivity index (χ4v) is 8.59. The van der Waals surface area contributed by atoms with Crippen molar-refractivity contribution in [1.82, 2.24) is 30.5 Å². The van der Waals surface area contributed by atoms with Crippen LogP contribution < -0.4 is 16.4 Å². The number of Topliss-reactive ketones (excluding diaryl/α,β-unsaturated/α-hetero) is 1. The van der Waals surface area contributed by atoms with E-state index in [-0.39, 0.29) is 43.7 Å². The van der Waals surface area contributed by atoms with Crippen LogP contribution in [0.15, 0.2) is 35.4 Å². The van der Waals surface area contributed by atoms with E-state index in [0.29, 0.717) is 18.5 Å². The van der Waals surface area contributed by atoms with Gasteiger partial charge in [0.05, 0.1) is 22.8 Å². The number of sulfone groups is 1. The van der Waals surface area contributed by atoms with Gasteiger partial charge in [-0.1, -0.05) is 56.6 Å². The van der Waals surface area contributed by atoms with Crippen LogP contribution in [0.5, 0.6) is 0 Å². The maximum atomic E-state index is 14.7. The Morgan fingerprint density at radius 3 is 2.23 bits per heavy atom. The number of amides is 4. The van der Waals surface area contributed by atoms with E-state index in [2.05, 4.69) is 20.9 Å². The molecule has 2 aliphatic carbocycles. The van der Waals surface area contributed by atoms with Crippen molar-refractivity contribution in [2.75, 3.05) is 6.54 Å². The topological polar surface area (TPSA) is 224 Å². The van der Waals surface area contributed by atoms with Crippen molar-refractivity contribution >= 4 is 39.2 Å².